The molecule has 0 bridgehead atoms. The topological polar surface area (TPSA) is 76.1 Å². The molecule has 122 valence electrons. The predicted molar refractivity (Wildman–Crippen MR) is 88.8 cm³/mol. The number of hydrogen-bond donors (Lipinski definition) is 1. The van der Waals surface area contributed by atoms with Crippen molar-refractivity contribution in [3.05, 3.63) is 59.9 Å². The summed E-state index contributed by atoms with van der Waals surface area (Å²) in [6, 6.07) is 9.86. The molecule has 0 aliphatic heterocycles. The average molecular weight is 332 g/mol. The third-order valence-corrected chi connectivity index (χ3v) is 4.96. The molecular weight excluding hydrogens is 312 g/mol. The van der Waals surface area contributed by atoms with E-state index in [4.69, 9.17) is 0 Å². The van der Waals surface area contributed by atoms with Crippen molar-refractivity contribution in [2.24, 2.45) is 0 Å². The predicted octanol–water partition coefficient (Wildman–Crippen LogP) is 2.59. The monoisotopic (exact) mass is 332 g/mol. The van der Waals surface area contributed by atoms with Crippen LogP contribution in [0.25, 0.3) is 0 Å². The summed E-state index contributed by atoms with van der Waals surface area (Å²) >= 11 is 0. The molecule has 5 nitrogen and oxygen atoms in total. The summed E-state index contributed by atoms with van der Waals surface area (Å²) < 4.78 is 26.9. The molecule has 0 saturated carbocycles. The molecule has 0 aliphatic rings. The summed E-state index contributed by atoms with van der Waals surface area (Å²) in [5.74, 6) is -0.0858. The van der Waals surface area contributed by atoms with Crippen LogP contribution in [0.15, 0.2) is 53.7 Å². The molecule has 0 amide bonds. The molecular formula is C17H20N2O3S. The first-order valence-electron chi connectivity index (χ1n) is 7.48. The van der Waals surface area contributed by atoms with E-state index in [1.165, 1.54) is 31.2 Å². The van der Waals surface area contributed by atoms with Crippen molar-refractivity contribution in [3.63, 3.8) is 0 Å². The van der Waals surface area contributed by atoms with E-state index in [1.807, 2.05) is 18.3 Å². The van der Waals surface area contributed by atoms with E-state index in [1.54, 1.807) is 6.20 Å². The minimum atomic E-state index is -3.52. The maximum Gasteiger partial charge on any atom is 0.240 e. The van der Waals surface area contributed by atoms with Crippen molar-refractivity contribution in [2.45, 2.75) is 31.1 Å². The molecule has 0 aliphatic carbocycles. The molecule has 6 heteroatoms. The van der Waals surface area contributed by atoms with Crippen LogP contribution in [0.1, 0.15) is 35.7 Å². The van der Waals surface area contributed by atoms with Crippen LogP contribution in [0.2, 0.25) is 0 Å². The fourth-order valence-electron chi connectivity index (χ4n) is 2.16. The van der Waals surface area contributed by atoms with Gasteiger partial charge in [-0.3, -0.25) is 9.78 Å². The third-order valence-electron chi connectivity index (χ3n) is 3.48. The van der Waals surface area contributed by atoms with Gasteiger partial charge in [0, 0.05) is 24.5 Å². The normalized spacial score (nSPS) is 11.3. The Labute approximate surface area is 136 Å². The van der Waals surface area contributed by atoms with Crippen molar-refractivity contribution in [3.8, 4) is 0 Å². The Bertz CT molecular complexity index is 741. The first-order valence-corrected chi connectivity index (χ1v) is 8.97. The maximum absolute atomic E-state index is 12.1. The first-order chi connectivity index (χ1) is 11.0. The Hall–Kier alpha value is -2.05. The van der Waals surface area contributed by atoms with E-state index in [0.717, 1.165) is 24.8 Å². The van der Waals surface area contributed by atoms with Gasteiger partial charge in [-0.15, -0.1) is 0 Å². The Morgan fingerprint density at radius 2 is 1.87 bits per heavy atom. The van der Waals surface area contributed by atoms with Gasteiger partial charge in [0.15, 0.2) is 5.78 Å². The van der Waals surface area contributed by atoms with E-state index in [2.05, 4.69) is 9.71 Å². The number of rotatable bonds is 8. The number of benzene rings is 1. The molecule has 0 atom stereocenters. The number of nitrogens with zero attached hydrogens (tertiary/aromatic N) is 1. The second-order valence-electron chi connectivity index (χ2n) is 5.30. The number of sulfonamides is 1. The second kappa shape index (κ2) is 7.99. The fourth-order valence-corrected chi connectivity index (χ4v) is 3.23. The Kier molecular flexibility index (Phi) is 6.01. The summed E-state index contributed by atoms with van der Waals surface area (Å²) in [5, 5.41) is 0. The smallest absolute Gasteiger partial charge is 0.240 e. The van der Waals surface area contributed by atoms with Crippen molar-refractivity contribution in [1.29, 1.82) is 0 Å². The molecule has 0 fully saturated rings. The summed E-state index contributed by atoms with van der Waals surface area (Å²) in [4.78, 5) is 15.4. The van der Waals surface area contributed by atoms with E-state index in [0.29, 0.717) is 12.1 Å². The van der Waals surface area contributed by atoms with Gasteiger partial charge in [-0.25, -0.2) is 13.1 Å². The van der Waals surface area contributed by atoms with Gasteiger partial charge in [0.1, 0.15) is 0 Å². The van der Waals surface area contributed by atoms with Crippen LogP contribution in [0, 0.1) is 0 Å². The maximum atomic E-state index is 12.1. The van der Waals surface area contributed by atoms with Crippen LogP contribution in [0.5, 0.6) is 0 Å². The standard InChI is InChI=1S/C17H20N2O3S/c1-14(20)16-7-9-17(10-8-16)23(21,22)19-12-3-2-5-15-6-4-11-18-13-15/h4,6-11,13,19H,2-3,5,12H2,1H3. The highest BCUT2D eigenvalue weighted by Gasteiger charge is 2.13. The number of unbranched alkanes of at least 4 members (excludes halogenated alkanes) is 1. The zero-order valence-corrected chi connectivity index (χ0v) is 13.8. The molecule has 1 aromatic heterocycles. The van der Waals surface area contributed by atoms with Crippen molar-refractivity contribution in [2.75, 3.05) is 6.54 Å². The van der Waals surface area contributed by atoms with Gasteiger partial charge in [0.2, 0.25) is 10.0 Å². The Balaban J connectivity index is 1.81. The van der Waals surface area contributed by atoms with E-state index < -0.39 is 10.0 Å². The minimum Gasteiger partial charge on any atom is -0.295 e. The zero-order chi connectivity index (χ0) is 16.7. The number of aromatic nitrogens is 1. The van der Waals surface area contributed by atoms with Gasteiger partial charge in [-0.2, -0.15) is 0 Å². The number of pyridine rings is 1. The van der Waals surface area contributed by atoms with Crippen molar-refractivity contribution < 1.29 is 13.2 Å². The second-order valence-corrected chi connectivity index (χ2v) is 7.06. The average Bonchev–Trinajstić information content (AvgIpc) is 2.55. The van der Waals surface area contributed by atoms with Crippen LogP contribution in [0.4, 0.5) is 0 Å². The Morgan fingerprint density at radius 3 is 2.48 bits per heavy atom. The number of carbonyl (C=O) groups is 1. The molecule has 1 N–H and O–H groups in total. The van der Waals surface area contributed by atoms with Crippen LogP contribution < -0.4 is 4.72 Å². The first kappa shape index (κ1) is 17.3. The lowest BCUT2D eigenvalue weighted by molar-refractivity contribution is 0.101. The summed E-state index contributed by atoms with van der Waals surface area (Å²) in [7, 11) is -3.52. The lowest BCUT2D eigenvalue weighted by Gasteiger charge is -2.07. The van der Waals surface area contributed by atoms with Crippen LogP contribution in [-0.2, 0) is 16.4 Å². The number of ketones is 1. The molecule has 1 heterocycles. The summed E-state index contributed by atoms with van der Waals surface area (Å²) in [6.07, 6.45) is 6.07. The van der Waals surface area contributed by atoms with Crippen LogP contribution in [-0.4, -0.2) is 25.7 Å². The number of aryl methyl sites for hydroxylation is 1. The van der Waals surface area contributed by atoms with Gasteiger partial charge in [0.25, 0.3) is 0 Å². The number of nitrogens with one attached hydrogen (secondary N) is 1. The Morgan fingerprint density at radius 1 is 1.13 bits per heavy atom. The molecule has 0 saturated heterocycles. The van der Waals surface area contributed by atoms with Crippen molar-refractivity contribution in [1.82, 2.24) is 9.71 Å². The number of Topliss-reactive ketones (excluding diaryl/α,β-unsaturated/α-hetero) is 1. The highest BCUT2D eigenvalue weighted by molar-refractivity contribution is 7.89. The molecule has 1 aromatic carbocycles. The van der Waals surface area contributed by atoms with Crippen LogP contribution >= 0.6 is 0 Å². The molecule has 0 unspecified atom stereocenters. The number of carbonyl (C=O) groups excluding carboxylic acids is 1. The third kappa shape index (κ3) is 5.26. The van der Waals surface area contributed by atoms with E-state index in [9.17, 15) is 13.2 Å². The molecule has 23 heavy (non-hydrogen) atoms. The summed E-state index contributed by atoms with van der Waals surface area (Å²) in [6.45, 7) is 1.83. The molecule has 2 aromatic rings. The van der Waals surface area contributed by atoms with Gasteiger partial charge < -0.3 is 0 Å². The molecule has 0 radical (unpaired) electrons. The highest BCUT2D eigenvalue weighted by atomic mass is 32.2. The van der Waals surface area contributed by atoms with Gasteiger partial charge >= 0.3 is 0 Å². The minimum absolute atomic E-state index is 0.0858. The summed E-state index contributed by atoms with van der Waals surface area (Å²) in [5.41, 5.74) is 1.65. The zero-order valence-electron chi connectivity index (χ0n) is 13.0. The highest BCUT2D eigenvalue weighted by Crippen LogP contribution is 2.11. The number of hydrogen-bond acceptors (Lipinski definition) is 4. The van der Waals surface area contributed by atoms with E-state index in [-0.39, 0.29) is 10.7 Å². The quantitative estimate of drug-likeness (QED) is 0.595. The SMILES string of the molecule is CC(=O)c1ccc(S(=O)(=O)NCCCCc2cccnc2)cc1. The fraction of sp³-hybridized carbons (Fsp3) is 0.294. The van der Waals surface area contributed by atoms with Crippen molar-refractivity contribution >= 4 is 15.8 Å². The van der Waals surface area contributed by atoms with E-state index >= 15 is 0 Å². The van der Waals surface area contributed by atoms with Crippen LogP contribution in [0.3, 0.4) is 0 Å². The lowest BCUT2D eigenvalue weighted by Crippen LogP contribution is -2.24. The molecule has 2 rings (SSSR count). The lowest BCUT2D eigenvalue weighted by atomic mass is 10.1. The molecule has 0 spiro atoms. The van der Waals surface area contributed by atoms with Gasteiger partial charge in [-0.1, -0.05) is 18.2 Å². The van der Waals surface area contributed by atoms with Gasteiger partial charge in [0.05, 0.1) is 4.90 Å². The largest absolute Gasteiger partial charge is 0.295 e. The van der Waals surface area contributed by atoms with Gasteiger partial charge in [-0.05, 0) is 49.9 Å².